The van der Waals surface area contributed by atoms with Crippen molar-refractivity contribution in [3.05, 3.63) is 120 Å². The molecule has 0 aliphatic heterocycles. The molecule has 0 N–H and O–H groups in total. The van der Waals surface area contributed by atoms with E-state index in [2.05, 4.69) is 103 Å². The van der Waals surface area contributed by atoms with Crippen LogP contribution in [0.1, 0.15) is 30.4 Å². The summed E-state index contributed by atoms with van der Waals surface area (Å²) in [5.41, 5.74) is 5.00. The molecule has 0 saturated carbocycles. The van der Waals surface area contributed by atoms with Gasteiger partial charge in [-0.3, -0.25) is 0 Å². The number of ether oxygens (including phenoxy) is 2. The van der Waals surface area contributed by atoms with Gasteiger partial charge in [-0.15, -0.1) is 0 Å². The lowest BCUT2D eigenvalue weighted by atomic mass is 10.0. The average molecular weight is 437 g/mol. The number of benzene rings is 4. The molecule has 33 heavy (non-hydrogen) atoms. The molecule has 2 heteroatoms. The minimum absolute atomic E-state index is 0.704. The van der Waals surface area contributed by atoms with Gasteiger partial charge in [-0.05, 0) is 67.0 Å². The molecule has 168 valence electrons. The zero-order valence-electron chi connectivity index (χ0n) is 19.2. The Hall–Kier alpha value is -3.52. The highest BCUT2D eigenvalue weighted by molar-refractivity contribution is 5.70. The van der Waals surface area contributed by atoms with Crippen LogP contribution in [-0.2, 0) is 12.8 Å². The van der Waals surface area contributed by atoms with Gasteiger partial charge in [0.25, 0.3) is 0 Å². The molecule has 0 amide bonds. The van der Waals surface area contributed by atoms with E-state index in [9.17, 15) is 0 Å². The zero-order chi connectivity index (χ0) is 22.6. The van der Waals surface area contributed by atoms with Crippen molar-refractivity contribution in [1.82, 2.24) is 0 Å². The Morgan fingerprint density at radius 1 is 0.455 bits per heavy atom. The van der Waals surface area contributed by atoms with Crippen LogP contribution in [0.5, 0.6) is 11.5 Å². The summed E-state index contributed by atoms with van der Waals surface area (Å²) in [6, 6.07) is 37.8. The van der Waals surface area contributed by atoms with Gasteiger partial charge in [0.15, 0.2) is 0 Å². The van der Waals surface area contributed by atoms with Gasteiger partial charge in [0.05, 0.1) is 13.2 Å². The summed E-state index contributed by atoms with van der Waals surface area (Å²) < 4.78 is 12.1. The summed E-state index contributed by atoms with van der Waals surface area (Å²) in [6.45, 7) is 1.45. The van der Waals surface area contributed by atoms with Gasteiger partial charge in [0.2, 0.25) is 0 Å². The van der Waals surface area contributed by atoms with E-state index < -0.39 is 0 Å². The van der Waals surface area contributed by atoms with Gasteiger partial charge in [0, 0.05) is 5.56 Å². The lowest BCUT2D eigenvalue weighted by Crippen LogP contribution is -2.01. The van der Waals surface area contributed by atoms with E-state index in [0.717, 1.165) is 61.3 Å². The monoisotopic (exact) mass is 436 g/mol. The second-order valence-corrected chi connectivity index (χ2v) is 8.25. The zero-order valence-corrected chi connectivity index (χ0v) is 19.2. The molecular formula is C31H32O2. The first kappa shape index (κ1) is 22.7. The number of para-hydroxylation sites is 1. The highest BCUT2D eigenvalue weighted by Gasteiger charge is 2.06. The second kappa shape index (κ2) is 12.5. The quantitative estimate of drug-likeness (QED) is 0.211. The number of hydrogen-bond donors (Lipinski definition) is 0. The first-order valence-electron chi connectivity index (χ1n) is 11.9. The van der Waals surface area contributed by atoms with E-state index in [4.69, 9.17) is 9.47 Å². The Morgan fingerprint density at radius 3 is 1.73 bits per heavy atom. The van der Waals surface area contributed by atoms with Crippen molar-refractivity contribution in [3.63, 3.8) is 0 Å². The van der Waals surface area contributed by atoms with E-state index in [1.54, 1.807) is 0 Å². The molecule has 4 aromatic carbocycles. The van der Waals surface area contributed by atoms with Crippen LogP contribution in [0.25, 0.3) is 11.1 Å². The predicted octanol–water partition coefficient (Wildman–Crippen LogP) is 7.77. The van der Waals surface area contributed by atoms with E-state index in [-0.39, 0.29) is 0 Å². The minimum atomic E-state index is 0.704. The lowest BCUT2D eigenvalue weighted by molar-refractivity contribution is 0.307. The molecule has 0 aromatic heterocycles. The summed E-state index contributed by atoms with van der Waals surface area (Å²) in [5.74, 6) is 1.85. The van der Waals surface area contributed by atoms with Crippen LogP contribution in [0.4, 0.5) is 0 Å². The van der Waals surface area contributed by atoms with Crippen LogP contribution in [0, 0.1) is 0 Å². The molecule has 0 heterocycles. The van der Waals surface area contributed by atoms with Crippen LogP contribution >= 0.6 is 0 Å². The molecule has 0 aliphatic rings. The molecular weight excluding hydrogens is 404 g/mol. The van der Waals surface area contributed by atoms with E-state index in [0.29, 0.717) is 6.61 Å². The van der Waals surface area contributed by atoms with Crippen molar-refractivity contribution in [2.24, 2.45) is 0 Å². The Balaban J connectivity index is 1.24. The van der Waals surface area contributed by atoms with Crippen molar-refractivity contribution in [2.75, 3.05) is 13.2 Å². The topological polar surface area (TPSA) is 18.5 Å². The van der Waals surface area contributed by atoms with Crippen LogP contribution < -0.4 is 9.47 Å². The Bertz CT molecular complexity index is 1070. The Morgan fingerprint density at radius 2 is 1.03 bits per heavy atom. The molecule has 0 aliphatic carbocycles. The average Bonchev–Trinajstić information content (AvgIpc) is 2.88. The molecule has 0 saturated heterocycles. The smallest absolute Gasteiger partial charge is 0.127 e. The predicted molar refractivity (Wildman–Crippen MR) is 137 cm³/mol. The third kappa shape index (κ3) is 7.25. The summed E-state index contributed by atoms with van der Waals surface area (Å²) >= 11 is 0. The molecule has 0 fully saturated rings. The van der Waals surface area contributed by atoms with Crippen molar-refractivity contribution >= 4 is 0 Å². The van der Waals surface area contributed by atoms with E-state index in [1.807, 2.05) is 6.07 Å². The van der Waals surface area contributed by atoms with Crippen molar-refractivity contribution in [2.45, 2.75) is 32.1 Å². The summed E-state index contributed by atoms with van der Waals surface area (Å²) in [5, 5.41) is 0. The van der Waals surface area contributed by atoms with E-state index in [1.165, 1.54) is 11.1 Å². The highest BCUT2D eigenvalue weighted by Crippen LogP contribution is 2.31. The Kier molecular flexibility index (Phi) is 8.59. The fourth-order valence-electron chi connectivity index (χ4n) is 3.93. The number of unbranched alkanes of at least 4 members (excludes halogenated alkanes) is 1. The first-order chi connectivity index (χ1) is 16.4. The van der Waals surface area contributed by atoms with Crippen LogP contribution in [0.3, 0.4) is 0 Å². The molecule has 4 aromatic rings. The number of hydrogen-bond acceptors (Lipinski definition) is 2. The van der Waals surface area contributed by atoms with Gasteiger partial charge in [-0.2, -0.15) is 0 Å². The largest absolute Gasteiger partial charge is 0.494 e. The Labute approximate surface area is 197 Å². The fraction of sp³-hybridized carbons (Fsp3) is 0.226. The number of aryl methyl sites for hydroxylation is 2. The van der Waals surface area contributed by atoms with Crippen molar-refractivity contribution in [1.29, 1.82) is 0 Å². The third-order valence-corrected chi connectivity index (χ3v) is 5.73. The van der Waals surface area contributed by atoms with Gasteiger partial charge in [-0.25, -0.2) is 0 Å². The maximum Gasteiger partial charge on any atom is 0.127 e. The highest BCUT2D eigenvalue weighted by atomic mass is 16.5. The fourth-order valence-corrected chi connectivity index (χ4v) is 3.93. The van der Waals surface area contributed by atoms with Crippen LogP contribution in [0.15, 0.2) is 109 Å². The molecule has 0 bridgehead atoms. The molecule has 0 atom stereocenters. The molecule has 4 rings (SSSR count). The SMILES string of the molecule is c1ccc(CCCCOc2ccc(-c3ccccc3OCCCc3ccccc3)cc2)cc1. The standard InChI is InChI=1S/C31H32O2/c1-3-12-26(13-4-1)16-9-10-24-32-29-22-20-28(21-23-29)30-18-7-8-19-31(30)33-25-11-17-27-14-5-2-6-15-27/h1-8,12-15,18-23H,9-11,16-17,24-25H2. The summed E-state index contributed by atoms with van der Waals surface area (Å²) in [7, 11) is 0. The van der Waals surface area contributed by atoms with Crippen molar-refractivity contribution < 1.29 is 9.47 Å². The van der Waals surface area contributed by atoms with Crippen LogP contribution in [0.2, 0.25) is 0 Å². The third-order valence-electron chi connectivity index (χ3n) is 5.73. The maximum absolute atomic E-state index is 6.14. The van der Waals surface area contributed by atoms with Gasteiger partial charge in [-0.1, -0.05) is 91.0 Å². The van der Waals surface area contributed by atoms with Gasteiger partial charge < -0.3 is 9.47 Å². The number of rotatable bonds is 12. The first-order valence-corrected chi connectivity index (χ1v) is 11.9. The summed E-state index contributed by atoms with van der Waals surface area (Å²) in [4.78, 5) is 0. The summed E-state index contributed by atoms with van der Waals surface area (Å²) in [6.07, 6.45) is 5.31. The molecule has 0 unspecified atom stereocenters. The van der Waals surface area contributed by atoms with Gasteiger partial charge >= 0.3 is 0 Å². The normalized spacial score (nSPS) is 10.7. The maximum atomic E-state index is 6.14. The van der Waals surface area contributed by atoms with Crippen molar-refractivity contribution in [3.8, 4) is 22.6 Å². The molecule has 2 nitrogen and oxygen atoms in total. The van der Waals surface area contributed by atoms with Gasteiger partial charge in [0.1, 0.15) is 11.5 Å². The molecule has 0 spiro atoms. The minimum Gasteiger partial charge on any atom is -0.494 e. The lowest BCUT2D eigenvalue weighted by Gasteiger charge is -2.12. The van der Waals surface area contributed by atoms with Crippen LogP contribution in [-0.4, -0.2) is 13.2 Å². The second-order valence-electron chi connectivity index (χ2n) is 8.25. The van der Waals surface area contributed by atoms with E-state index >= 15 is 0 Å². The molecule has 0 radical (unpaired) electrons.